The summed E-state index contributed by atoms with van der Waals surface area (Å²) in [5, 5.41) is 0. The SMILES string of the molecule is CC[C+]1C(CC)C1CC.[O-][Cl+3]([O-])([O-])[O-]. The van der Waals surface area contributed by atoms with Crippen molar-refractivity contribution >= 4 is 0 Å². The third-order valence-electron chi connectivity index (χ3n) is 2.62. The number of halogens is 1. The average molecular weight is 225 g/mol. The lowest BCUT2D eigenvalue weighted by atomic mass is 10.2. The first-order valence-corrected chi connectivity index (χ1v) is 6.05. The minimum atomic E-state index is -4.94. The zero-order valence-electron chi connectivity index (χ0n) is 8.79. The summed E-state index contributed by atoms with van der Waals surface area (Å²) in [6.45, 7) is 6.89. The number of hydrogen-bond acceptors (Lipinski definition) is 4. The van der Waals surface area contributed by atoms with E-state index in [4.69, 9.17) is 18.6 Å². The second-order valence-corrected chi connectivity index (χ2v) is 4.09. The van der Waals surface area contributed by atoms with E-state index in [1.165, 1.54) is 19.3 Å². The van der Waals surface area contributed by atoms with Crippen LogP contribution in [0.5, 0.6) is 0 Å². The highest BCUT2D eigenvalue weighted by atomic mass is 35.7. The molecule has 1 rings (SSSR count). The highest BCUT2D eigenvalue weighted by molar-refractivity contribution is 5.19. The predicted molar refractivity (Wildman–Crippen MR) is 41.1 cm³/mol. The largest absolute Gasteiger partial charge is 0.222 e. The molecule has 5 heteroatoms. The normalized spacial score (nSPS) is 25.5. The van der Waals surface area contributed by atoms with Gasteiger partial charge < -0.3 is 0 Å². The topological polar surface area (TPSA) is 92.2 Å². The van der Waals surface area contributed by atoms with Gasteiger partial charge in [-0.25, -0.2) is 18.6 Å². The molecule has 1 aliphatic rings. The van der Waals surface area contributed by atoms with Crippen LogP contribution in [-0.2, 0) is 0 Å². The van der Waals surface area contributed by atoms with Crippen molar-refractivity contribution in [3.63, 3.8) is 0 Å². The lowest BCUT2D eigenvalue weighted by Gasteiger charge is -2.17. The van der Waals surface area contributed by atoms with E-state index in [0.717, 1.165) is 11.8 Å². The molecule has 14 heavy (non-hydrogen) atoms. The molecule has 0 aromatic heterocycles. The third-order valence-corrected chi connectivity index (χ3v) is 2.62. The molecule has 0 saturated heterocycles. The van der Waals surface area contributed by atoms with Crippen LogP contribution in [-0.4, -0.2) is 0 Å². The van der Waals surface area contributed by atoms with E-state index in [1.54, 1.807) is 0 Å². The molecule has 1 aliphatic carbocycles. The maximum atomic E-state index is 8.49. The van der Waals surface area contributed by atoms with Gasteiger partial charge in [0.15, 0.2) is 0 Å². The van der Waals surface area contributed by atoms with Crippen molar-refractivity contribution in [2.45, 2.75) is 40.0 Å². The van der Waals surface area contributed by atoms with Gasteiger partial charge in [-0.15, -0.1) is 10.2 Å². The van der Waals surface area contributed by atoms with Crippen molar-refractivity contribution < 1.29 is 28.9 Å². The molecule has 2 atom stereocenters. The summed E-state index contributed by atoms with van der Waals surface area (Å²) in [4.78, 5) is 0. The Morgan fingerprint density at radius 1 is 0.929 bits per heavy atom. The number of hydrogen-bond donors (Lipinski definition) is 0. The van der Waals surface area contributed by atoms with Crippen LogP contribution in [0.25, 0.3) is 0 Å². The number of rotatable bonds is 3. The van der Waals surface area contributed by atoms with Gasteiger partial charge in [-0.2, -0.15) is 0 Å². The zero-order chi connectivity index (χ0) is 11.4. The van der Waals surface area contributed by atoms with Crippen molar-refractivity contribution in [3.05, 3.63) is 5.92 Å². The van der Waals surface area contributed by atoms with E-state index in [0.29, 0.717) is 0 Å². The maximum absolute atomic E-state index is 8.49. The van der Waals surface area contributed by atoms with Crippen LogP contribution in [0.3, 0.4) is 0 Å². The second kappa shape index (κ2) is 5.78. The Kier molecular flexibility index (Phi) is 5.78. The van der Waals surface area contributed by atoms with Gasteiger partial charge in [0.2, 0.25) is 0 Å². The molecule has 0 aromatic carbocycles. The Hall–Kier alpha value is -0.0000000000000000416. The van der Waals surface area contributed by atoms with Gasteiger partial charge in [-0.3, -0.25) is 0 Å². The van der Waals surface area contributed by atoms with Crippen molar-refractivity contribution in [3.8, 4) is 0 Å². The summed E-state index contributed by atoms with van der Waals surface area (Å²) >= 11 is 0. The van der Waals surface area contributed by atoms with Crippen molar-refractivity contribution in [2.24, 2.45) is 11.8 Å². The van der Waals surface area contributed by atoms with Gasteiger partial charge in [-0.05, 0) is 19.8 Å². The third kappa shape index (κ3) is 5.67. The van der Waals surface area contributed by atoms with Crippen molar-refractivity contribution in [1.29, 1.82) is 0 Å². The van der Waals surface area contributed by atoms with Crippen LogP contribution in [0.1, 0.15) is 40.0 Å². The highest BCUT2D eigenvalue weighted by Gasteiger charge is 2.59. The molecule has 0 aliphatic heterocycles. The van der Waals surface area contributed by atoms with Crippen molar-refractivity contribution in [1.82, 2.24) is 0 Å². The fourth-order valence-electron chi connectivity index (χ4n) is 2.06. The summed E-state index contributed by atoms with van der Waals surface area (Å²) in [6, 6.07) is 0. The van der Waals surface area contributed by atoms with Gasteiger partial charge in [-0.1, -0.05) is 13.8 Å². The quantitative estimate of drug-likeness (QED) is 0.533. The van der Waals surface area contributed by atoms with Crippen LogP contribution < -0.4 is 18.6 Å². The van der Waals surface area contributed by atoms with E-state index in [9.17, 15) is 0 Å². The van der Waals surface area contributed by atoms with Gasteiger partial charge in [0.25, 0.3) is 0 Å². The lowest BCUT2D eigenvalue weighted by Crippen LogP contribution is -2.68. The molecule has 0 spiro atoms. The molecular formula is C9H17ClO4. The molecule has 4 nitrogen and oxygen atoms in total. The fourth-order valence-corrected chi connectivity index (χ4v) is 2.06. The standard InChI is InChI=1S/C9H17.ClHO4/c1-4-7-8(5-2)9(7)6-3;2-1(3,4)5/h7-8H,4-6H2,1-3H3;(H,2,3,4,5)/q+1;/p-1. The molecule has 1 fully saturated rings. The summed E-state index contributed by atoms with van der Waals surface area (Å²) in [6.07, 6.45) is 4.08. The van der Waals surface area contributed by atoms with E-state index < -0.39 is 10.2 Å². The highest BCUT2D eigenvalue weighted by Crippen LogP contribution is 2.54. The molecule has 0 bridgehead atoms. The van der Waals surface area contributed by atoms with Crippen LogP contribution in [0.2, 0.25) is 0 Å². The average Bonchev–Trinajstić information content (AvgIpc) is 2.73. The summed E-state index contributed by atoms with van der Waals surface area (Å²) in [5.74, 6) is 3.86. The van der Waals surface area contributed by atoms with Crippen LogP contribution in [0.4, 0.5) is 0 Å². The molecule has 2 unspecified atom stereocenters. The lowest BCUT2D eigenvalue weighted by molar-refractivity contribution is -2.00. The predicted octanol–water partition coefficient (Wildman–Crippen LogP) is -1.72. The maximum Gasteiger partial charge on any atom is 0.143 e. The summed E-state index contributed by atoms with van der Waals surface area (Å²) < 4.78 is 34.0. The monoisotopic (exact) mass is 224 g/mol. The van der Waals surface area contributed by atoms with E-state index in [-0.39, 0.29) is 0 Å². The van der Waals surface area contributed by atoms with Crippen LogP contribution in [0.15, 0.2) is 0 Å². The minimum Gasteiger partial charge on any atom is -0.222 e. The first kappa shape index (κ1) is 14.0. The van der Waals surface area contributed by atoms with Crippen LogP contribution >= 0.6 is 0 Å². The van der Waals surface area contributed by atoms with E-state index in [2.05, 4.69) is 20.8 Å². The Morgan fingerprint density at radius 3 is 1.29 bits per heavy atom. The Morgan fingerprint density at radius 2 is 1.21 bits per heavy atom. The van der Waals surface area contributed by atoms with E-state index in [1.807, 2.05) is 5.92 Å². The van der Waals surface area contributed by atoms with Gasteiger partial charge in [0.05, 0.1) is 6.42 Å². The molecule has 0 aromatic rings. The molecule has 0 radical (unpaired) electrons. The fraction of sp³-hybridized carbons (Fsp3) is 0.889. The summed E-state index contributed by atoms with van der Waals surface area (Å²) in [5.41, 5.74) is 0. The Balaban J connectivity index is 0.000000292. The smallest absolute Gasteiger partial charge is 0.143 e. The van der Waals surface area contributed by atoms with Gasteiger partial charge >= 0.3 is 0 Å². The molecule has 84 valence electrons. The van der Waals surface area contributed by atoms with Crippen molar-refractivity contribution in [2.75, 3.05) is 0 Å². The summed E-state index contributed by atoms with van der Waals surface area (Å²) in [7, 11) is -4.94. The zero-order valence-corrected chi connectivity index (χ0v) is 9.54. The molecule has 0 amide bonds. The van der Waals surface area contributed by atoms with Gasteiger partial charge in [0.1, 0.15) is 17.8 Å². The Labute approximate surface area is 87.3 Å². The molecule has 0 N–H and O–H groups in total. The van der Waals surface area contributed by atoms with Gasteiger partial charge in [0, 0.05) is 0 Å². The van der Waals surface area contributed by atoms with Crippen LogP contribution in [0, 0.1) is 28.0 Å². The molecule has 1 saturated carbocycles. The van der Waals surface area contributed by atoms with E-state index >= 15 is 0 Å². The molecular weight excluding hydrogens is 208 g/mol. The Bertz CT molecular complexity index is 126. The first-order valence-electron chi connectivity index (χ1n) is 4.82. The minimum absolute atomic E-state index is 1.01. The first-order chi connectivity index (χ1) is 6.35. The molecule has 0 heterocycles. The second-order valence-electron chi connectivity index (χ2n) is 3.34.